The number of anilines is 1. The molecule has 1 aliphatic rings. The van der Waals surface area contributed by atoms with Crippen molar-refractivity contribution in [2.75, 3.05) is 31.9 Å². The Morgan fingerprint density at radius 2 is 1.54 bits per heavy atom. The van der Waals surface area contributed by atoms with Crippen LogP contribution >= 0.6 is 0 Å². The van der Waals surface area contributed by atoms with Gasteiger partial charge in [0.25, 0.3) is 0 Å². The number of piperazine rings is 1. The molecule has 4 heterocycles. The number of nitrogens with two attached hydrogens (primary N) is 1. The molecule has 35 heavy (non-hydrogen) atoms. The van der Waals surface area contributed by atoms with Gasteiger partial charge < -0.3 is 5.73 Å². The van der Waals surface area contributed by atoms with E-state index in [1.54, 1.807) is 6.20 Å². The van der Waals surface area contributed by atoms with Gasteiger partial charge in [-0.15, -0.1) is 0 Å². The molecule has 1 fully saturated rings. The summed E-state index contributed by atoms with van der Waals surface area (Å²) in [7, 11) is 0. The number of nitrogen functional groups attached to an aromatic ring is 1. The smallest absolute Gasteiger partial charge is 0.124 e. The van der Waals surface area contributed by atoms with Gasteiger partial charge in [0.1, 0.15) is 5.82 Å². The lowest BCUT2D eigenvalue weighted by molar-refractivity contribution is 0.104. The summed E-state index contributed by atoms with van der Waals surface area (Å²) >= 11 is 0. The van der Waals surface area contributed by atoms with E-state index in [1.165, 1.54) is 5.56 Å². The fourth-order valence-corrected chi connectivity index (χ4v) is 4.62. The molecule has 6 nitrogen and oxygen atoms in total. The fraction of sp³-hybridized carbons (Fsp3) is 0.276. The minimum atomic E-state index is 0.465. The van der Waals surface area contributed by atoms with E-state index in [-0.39, 0.29) is 0 Å². The van der Waals surface area contributed by atoms with E-state index in [0.717, 1.165) is 66.4 Å². The Labute approximate surface area is 207 Å². The summed E-state index contributed by atoms with van der Waals surface area (Å²) in [5, 5.41) is 0. The van der Waals surface area contributed by atoms with Crippen LogP contribution in [0.5, 0.6) is 0 Å². The molecule has 178 valence electrons. The summed E-state index contributed by atoms with van der Waals surface area (Å²) < 4.78 is 0. The lowest BCUT2D eigenvalue weighted by Crippen LogP contribution is -2.48. The molecule has 0 atom stereocenters. The van der Waals surface area contributed by atoms with Crippen LogP contribution in [0.25, 0.3) is 33.6 Å². The molecule has 1 aromatic carbocycles. The van der Waals surface area contributed by atoms with Crippen molar-refractivity contribution in [2.24, 2.45) is 0 Å². The molecule has 0 saturated carbocycles. The molecule has 0 bridgehead atoms. The van der Waals surface area contributed by atoms with Crippen LogP contribution in [0.4, 0.5) is 5.82 Å². The van der Waals surface area contributed by atoms with Crippen molar-refractivity contribution < 1.29 is 0 Å². The predicted molar refractivity (Wildman–Crippen MR) is 143 cm³/mol. The van der Waals surface area contributed by atoms with Gasteiger partial charge in [0.05, 0.1) is 11.4 Å². The molecule has 5 rings (SSSR count). The van der Waals surface area contributed by atoms with Crippen molar-refractivity contribution in [1.29, 1.82) is 0 Å². The Balaban J connectivity index is 1.32. The fourth-order valence-electron chi connectivity index (χ4n) is 4.62. The van der Waals surface area contributed by atoms with Crippen LogP contribution in [0.2, 0.25) is 0 Å². The van der Waals surface area contributed by atoms with E-state index in [2.05, 4.69) is 68.9 Å². The number of nitrogens with zero attached hydrogens (tertiary/aromatic N) is 5. The van der Waals surface area contributed by atoms with Crippen molar-refractivity contribution in [1.82, 2.24) is 24.8 Å². The van der Waals surface area contributed by atoms with Crippen molar-refractivity contribution in [2.45, 2.75) is 26.4 Å². The maximum absolute atomic E-state index is 6.13. The highest BCUT2D eigenvalue weighted by Crippen LogP contribution is 2.29. The molecule has 0 aliphatic carbocycles. The number of aromatic nitrogens is 3. The molecular weight excluding hydrogens is 432 g/mol. The van der Waals surface area contributed by atoms with Crippen LogP contribution in [-0.4, -0.2) is 57.0 Å². The summed E-state index contributed by atoms with van der Waals surface area (Å²) in [5.41, 5.74) is 13.2. The topological polar surface area (TPSA) is 71.2 Å². The summed E-state index contributed by atoms with van der Waals surface area (Å²) in [6.45, 7) is 10.1. The van der Waals surface area contributed by atoms with Gasteiger partial charge in [0, 0.05) is 68.5 Å². The highest BCUT2D eigenvalue weighted by Gasteiger charge is 2.18. The first-order chi connectivity index (χ1) is 17.0. The SMILES string of the molecule is CC(C)N1CCN(Cc2ccc(-c3cncc(-c4cc(N)nc(-c5ccccn5)c4)c3)cc2)CC1. The van der Waals surface area contributed by atoms with Crippen LogP contribution < -0.4 is 5.73 Å². The quantitative estimate of drug-likeness (QED) is 0.434. The monoisotopic (exact) mass is 464 g/mol. The van der Waals surface area contributed by atoms with Gasteiger partial charge in [-0.2, -0.15) is 0 Å². The van der Waals surface area contributed by atoms with E-state index in [9.17, 15) is 0 Å². The van der Waals surface area contributed by atoms with Gasteiger partial charge >= 0.3 is 0 Å². The molecule has 0 amide bonds. The Kier molecular flexibility index (Phi) is 6.84. The highest BCUT2D eigenvalue weighted by atomic mass is 15.3. The number of pyridine rings is 3. The number of benzene rings is 1. The van der Waals surface area contributed by atoms with E-state index in [0.29, 0.717) is 11.9 Å². The summed E-state index contributed by atoms with van der Waals surface area (Å²) in [6, 6.07) is 21.3. The first-order valence-electron chi connectivity index (χ1n) is 12.3. The van der Waals surface area contributed by atoms with Crippen molar-refractivity contribution in [3.8, 4) is 33.6 Å². The molecule has 0 unspecified atom stereocenters. The van der Waals surface area contributed by atoms with Crippen molar-refractivity contribution in [3.05, 3.63) is 84.8 Å². The van der Waals surface area contributed by atoms with Gasteiger partial charge in [0.2, 0.25) is 0 Å². The Morgan fingerprint density at radius 3 is 2.23 bits per heavy atom. The molecule has 1 saturated heterocycles. The average molecular weight is 465 g/mol. The first-order valence-corrected chi connectivity index (χ1v) is 12.3. The lowest BCUT2D eigenvalue weighted by Gasteiger charge is -2.36. The van der Waals surface area contributed by atoms with Gasteiger partial charge in [0.15, 0.2) is 0 Å². The summed E-state index contributed by atoms with van der Waals surface area (Å²) in [6.07, 6.45) is 5.54. The second kappa shape index (κ2) is 10.3. The maximum atomic E-state index is 6.13. The van der Waals surface area contributed by atoms with Gasteiger partial charge in [-0.05, 0) is 60.9 Å². The van der Waals surface area contributed by atoms with E-state index >= 15 is 0 Å². The van der Waals surface area contributed by atoms with E-state index < -0.39 is 0 Å². The number of hydrogen-bond donors (Lipinski definition) is 1. The minimum absolute atomic E-state index is 0.465. The third-order valence-corrected chi connectivity index (χ3v) is 6.67. The average Bonchev–Trinajstić information content (AvgIpc) is 2.90. The van der Waals surface area contributed by atoms with Crippen molar-refractivity contribution in [3.63, 3.8) is 0 Å². The Hall–Kier alpha value is -3.61. The van der Waals surface area contributed by atoms with Gasteiger partial charge in [-0.25, -0.2) is 4.98 Å². The zero-order valence-corrected chi connectivity index (χ0v) is 20.4. The van der Waals surface area contributed by atoms with Gasteiger partial charge in [-0.1, -0.05) is 30.3 Å². The zero-order valence-electron chi connectivity index (χ0n) is 20.4. The molecule has 0 spiro atoms. The Bertz CT molecular complexity index is 1260. The molecule has 2 N–H and O–H groups in total. The van der Waals surface area contributed by atoms with Crippen LogP contribution in [0.1, 0.15) is 19.4 Å². The predicted octanol–water partition coefficient (Wildman–Crippen LogP) is 4.98. The second-order valence-corrected chi connectivity index (χ2v) is 9.45. The second-order valence-electron chi connectivity index (χ2n) is 9.45. The van der Waals surface area contributed by atoms with E-state index in [1.807, 2.05) is 42.7 Å². The molecule has 3 aromatic heterocycles. The van der Waals surface area contributed by atoms with E-state index in [4.69, 9.17) is 5.73 Å². The van der Waals surface area contributed by atoms with Gasteiger partial charge in [-0.3, -0.25) is 19.8 Å². The highest BCUT2D eigenvalue weighted by molar-refractivity contribution is 5.75. The van der Waals surface area contributed by atoms with Crippen molar-refractivity contribution >= 4 is 5.82 Å². The number of hydrogen-bond acceptors (Lipinski definition) is 6. The maximum Gasteiger partial charge on any atom is 0.124 e. The standard InChI is InChI=1S/C29H32N6/c1-21(2)35-13-11-34(12-14-35)20-22-6-8-23(9-7-22)25-15-26(19-31-18-25)24-16-28(33-29(30)17-24)27-5-3-4-10-32-27/h3-10,15-19,21H,11-14,20H2,1-2H3,(H2,30,33). The summed E-state index contributed by atoms with van der Waals surface area (Å²) in [5.74, 6) is 0.465. The minimum Gasteiger partial charge on any atom is -0.384 e. The zero-order chi connectivity index (χ0) is 24.2. The van der Waals surface area contributed by atoms with Crippen LogP contribution in [0, 0.1) is 0 Å². The molecular formula is C29H32N6. The molecule has 0 radical (unpaired) electrons. The third kappa shape index (κ3) is 5.56. The lowest BCUT2D eigenvalue weighted by atomic mass is 10.0. The normalized spacial score (nSPS) is 14.9. The number of rotatable bonds is 6. The molecule has 6 heteroatoms. The largest absolute Gasteiger partial charge is 0.384 e. The van der Waals surface area contributed by atoms with Crippen LogP contribution in [0.15, 0.2) is 79.3 Å². The first kappa shape index (κ1) is 23.1. The van der Waals surface area contributed by atoms with Crippen LogP contribution in [0.3, 0.4) is 0 Å². The molecule has 4 aromatic rings. The third-order valence-electron chi connectivity index (χ3n) is 6.67. The van der Waals surface area contributed by atoms with Crippen LogP contribution in [-0.2, 0) is 6.54 Å². The molecule has 1 aliphatic heterocycles. The Morgan fingerprint density at radius 1 is 0.800 bits per heavy atom. The summed E-state index contributed by atoms with van der Waals surface area (Å²) in [4.78, 5) is 18.5.